The Morgan fingerprint density at radius 2 is 2.45 bits per heavy atom. The molecule has 0 aromatic carbocycles. The van der Waals surface area contributed by atoms with E-state index in [0.717, 1.165) is 0 Å². The minimum absolute atomic E-state index is 0.00306. The molecular formula is C7H15NO3. The molecule has 4 heteroatoms. The zero-order valence-corrected chi connectivity index (χ0v) is 6.71. The first kappa shape index (κ1) is 8.93. The van der Waals surface area contributed by atoms with Gasteiger partial charge in [0.2, 0.25) is 0 Å². The molecule has 1 aliphatic heterocycles. The lowest BCUT2D eigenvalue weighted by Crippen LogP contribution is -2.38. The summed E-state index contributed by atoms with van der Waals surface area (Å²) >= 11 is 0. The van der Waals surface area contributed by atoms with Crippen LogP contribution in [-0.4, -0.2) is 48.2 Å². The highest BCUT2D eigenvalue weighted by atomic mass is 16.5. The van der Waals surface area contributed by atoms with Crippen LogP contribution in [0.4, 0.5) is 0 Å². The molecule has 3 N–H and O–H groups in total. The lowest BCUT2D eigenvalue weighted by molar-refractivity contribution is -0.0529. The fourth-order valence-electron chi connectivity index (χ4n) is 1.03. The first-order valence-corrected chi connectivity index (χ1v) is 3.79. The van der Waals surface area contributed by atoms with Gasteiger partial charge in [0.05, 0.1) is 24.9 Å². The third kappa shape index (κ3) is 2.75. The average molecular weight is 161 g/mol. The fraction of sp³-hybridized carbons (Fsp3) is 1.00. The number of aliphatic hydroxyl groups excluding tert-OH is 1. The maximum Gasteiger partial charge on any atom is 0.0975 e. The highest BCUT2D eigenvalue weighted by Gasteiger charge is 2.25. The molecule has 0 saturated carbocycles. The summed E-state index contributed by atoms with van der Waals surface area (Å²) in [6.07, 6.45) is -0.177. The van der Waals surface area contributed by atoms with Crippen molar-refractivity contribution < 1.29 is 14.9 Å². The van der Waals surface area contributed by atoms with Crippen LogP contribution in [-0.2, 0) is 4.74 Å². The normalized spacial score (nSPS) is 40.1. The molecule has 1 heterocycles. The maximum absolute atomic E-state index is 9.50. The monoisotopic (exact) mass is 161 g/mol. The number of rotatable bonds is 1. The Labute approximate surface area is 66.2 Å². The van der Waals surface area contributed by atoms with E-state index in [1.807, 2.05) is 0 Å². The van der Waals surface area contributed by atoms with Crippen LogP contribution in [0.1, 0.15) is 6.92 Å². The van der Waals surface area contributed by atoms with E-state index in [0.29, 0.717) is 13.1 Å². The van der Waals surface area contributed by atoms with E-state index >= 15 is 0 Å². The van der Waals surface area contributed by atoms with E-state index in [2.05, 4.69) is 5.32 Å². The summed E-state index contributed by atoms with van der Waals surface area (Å²) in [6, 6.07) is 0. The van der Waals surface area contributed by atoms with Crippen molar-refractivity contribution in [1.29, 1.82) is 0 Å². The van der Waals surface area contributed by atoms with Gasteiger partial charge in [-0.2, -0.15) is 0 Å². The van der Waals surface area contributed by atoms with Crippen LogP contribution in [0.2, 0.25) is 0 Å². The summed E-state index contributed by atoms with van der Waals surface area (Å²) < 4.78 is 5.20. The van der Waals surface area contributed by atoms with E-state index in [-0.39, 0.29) is 19.3 Å². The van der Waals surface area contributed by atoms with Crippen molar-refractivity contribution in [3.63, 3.8) is 0 Å². The van der Waals surface area contributed by atoms with Crippen LogP contribution in [0.5, 0.6) is 0 Å². The molecule has 11 heavy (non-hydrogen) atoms. The summed E-state index contributed by atoms with van der Waals surface area (Å²) in [5.41, 5.74) is -0.802. The smallest absolute Gasteiger partial charge is 0.0975 e. The molecule has 1 aliphatic rings. The van der Waals surface area contributed by atoms with Gasteiger partial charge < -0.3 is 20.3 Å². The van der Waals surface area contributed by atoms with E-state index in [1.165, 1.54) is 0 Å². The molecule has 0 spiro atoms. The highest BCUT2D eigenvalue weighted by molar-refractivity contribution is 4.80. The Bertz CT molecular complexity index is 127. The lowest BCUT2D eigenvalue weighted by Gasteiger charge is -2.19. The van der Waals surface area contributed by atoms with Crippen LogP contribution in [0.15, 0.2) is 0 Å². The first-order chi connectivity index (χ1) is 5.14. The zero-order chi connectivity index (χ0) is 8.32. The van der Waals surface area contributed by atoms with Gasteiger partial charge in [-0.1, -0.05) is 0 Å². The topological polar surface area (TPSA) is 61.7 Å². The molecule has 2 atom stereocenters. The Morgan fingerprint density at radius 1 is 1.73 bits per heavy atom. The molecule has 0 aliphatic carbocycles. The summed E-state index contributed by atoms with van der Waals surface area (Å²) in [6.45, 7) is 3.12. The Kier molecular flexibility index (Phi) is 2.84. The van der Waals surface area contributed by atoms with E-state index < -0.39 is 5.60 Å². The molecule has 1 fully saturated rings. The van der Waals surface area contributed by atoms with Gasteiger partial charge in [-0.3, -0.25) is 0 Å². The van der Waals surface area contributed by atoms with E-state index in [4.69, 9.17) is 9.84 Å². The van der Waals surface area contributed by atoms with Gasteiger partial charge in [0, 0.05) is 13.1 Å². The molecule has 66 valence electrons. The van der Waals surface area contributed by atoms with Crippen molar-refractivity contribution in [2.24, 2.45) is 0 Å². The SMILES string of the molecule is C[C@]1(O)CNC[C@@H](CO)OC1. The van der Waals surface area contributed by atoms with Crippen LogP contribution in [0.25, 0.3) is 0 Å². The minimum atomic E-state index is -0.802. The van der Waals surface area contributed by atoms with Gasteiger partial charge in [0.25, 0.3) is 0 Å². The van der Waals surface area contributed by atoms with Gasteiger partial charge >= 0.3 is 0 Å². The molecule has 0 bridgehead atoms. The predicted molar refractivity (Wildman–Crippen MR) is 40.3 cm³/mol. The van der Waals surface area contributed by atoms with E-state index in [1.54, 1.807) is 6.92 Å². The number of hydrogen-bond acceptors (Lipinski definition) is 4. The van der Waals surface area contributed by atoms with Gasteiger partial charge in [-0.05, 0) is 6.92 Å². The van der Waals surface area contributed by atoms with Crippen LogP contribution >= 0.6 is 0 Å². The Morgan fingerprint density at radius 3 is 3.09 bits per heavy atom. The lowest BCUT2D eigenvalue weighted by atomic mass is 10.1. The second-order valence-electron chi connectivity index (χ2n) is 3.24. The van der Waals surface area contributed by atoms with Crippen molar-refractivity contribution in [3.8, 4) is 0 Å². The van der Waals surface area contributed by atoms with Crippen LogP contribution < -0.4 is 5.32 Å². The summed E-state index contributed by atoms with van der Waals surface area (Å²) in [5, 5.41) is 21.2. The average Bonchev–Trinajstić information content (AvgIpc) is 2.10. The van der Waals surface area contributed by atoms with Gasteiger partial charge in [-0.15, -0.1) is 0 Å². The third-order valence-electron chi connectivity index (χ3n) is 1.71. The molecule has 0 aromatic heterocycles. The summed E-state index contributed by atoms with van der Waals surface area (Å²) in [7, 11) is 0. The third-order valence-corrected chi connectivity index (χ3v) is 1.71. The maximum atomic E-state index is 9.50. The molecular weight excluding hydrogens is 146 g/mol. The van der Waals surface area contributed by atoms with E-state index in [9.17, 15) is 5.11 Å². The molecule has 1 saturated heterocycles. The standard InChI is InChI=1S/C7H15NO3/c1-7(10)4-8-2-6(3-9)11-5-7/h6,8-10H,2-5H2,1H3/t6-,7-/m0/s1. The summed E-state index contributed by atoms with van der Waals surface area (Å²) in [5.74, 6) is 0. The fourth-order valence-corrected chi connectivity index (χ4v) is 1.03. The quantitative estimate of drug-likeness (QED) is 0.448. The van der Waals surface area contributed by atoms with Crippen molar-refractivity contribution in [2.45, 2.75) is 18.6 Å². The second kappa shape index (κ2) is 3.49. The Balaban J connectivity index is 2.39. The van der Waals surface area contributed by atoms with Crippen LogP contribution in [0, 0.1) is 0 Å². The molecule has 0 unspecified atom stereocenters. The predicted octanol–water partition coefficient (Wildman–Crippen LogP) is -1.28. The molecule has 0 amide bonds. The number of hydrogen-bond donors (Lipinski definition) is 3. The molecule has 4 nitrogen and oxygen atoms in total. The van der Waals surface area contributed by atoms with Crippen LogP contribution in [0.3, 0.4) is 0 Å². The largest absolute Gasteiger partial charge is 0.394 e. The minimum Gasteiger partial charge on any atom is -0.394 e. The molecule has 1 rings (SSSR count). The van der Waals surface area contributed by atoms with Gasteiger partial charge in [0.1, 0.15) is 0 Å². The first-order valence-electron chi connectivity index (χ1n) is 3.79. The van der Waals surface area contributed by atoms with Crippen molar-refractivity contribution in [2.75, 3.05) is 26.3 Å². The van der Waals surface area contributed by atoms with Gasteiger partial charge in [-0.25, -0.2) is 0 Å². The van der Waals surface area contributed by atoms with Crippen molar-refractivity contribution in [1.82, 2.24) is 5.32 Å². The van der Waals surface area contributed by atoms with Crippen molar-refractivity contribution >= 4 is 0 Å². The Hall–Kier alpha value is -0.160. The number of aliphatic hydroxyl groups is 2. The number of β-amino-alcohol motifs (C(OH)–C–C–N with tert-alkyl or cyclic N) is 1. The number of nitrogens with one attached hydrogen (secondary N) is 1. The van der Waals surface area contributed by atoms with Gasteiger partial charge in [0.15, 0.2) is 0 Å². The molecule has 0 aromatic rings. The summed E-state index contributed by atoms with van der Waals surface area (Å²) in [4.78, 5) is 0. The highest BCUT2D eigenvalue weighted by Crippen LogP contribution is 2.07. The number of ether oxygens (including phenoxy) is 1. The zero-order valence-electron chi connectivity index (χ0n) is 6.71. The molecule has 0 radical (unpaired) electrons. The van der Waals surface area contributed by atoms with Crippen molar-refractivity contribution in [3.05, 3.63) is 0 Å². The second-order valence-corrected chi connectivity index (χ2v) is 3.24.